The third-order valence-corrected chi connectivity index (χ3v) is 4.07. The second kappa shape index (κ2) is 4.77. The van der Waals surface area contributed by atoms with Crippen LogP contribution in [0.4, 0.5) is 0 Å². The van der Waals surface area contributed by atoms with Crippen molar-refractivity contribution in [3.05, 3.63) is 34.9 Å². The third-order valence-electron chi connectivity index (χ3n) is 3.81. The highest BCUT2D eigenvalue weighted by atomic mass is 35.5. The highest BCUT2D eigenvalue weighted by Gasteiger charge is 2.36. The molecule has 1 aromatic rings. The molecular formula is C14H20ClN. The van der Waals surface area contributed by atoms with Crippen molar-refractivity contribution in [2.24, 2.45) is 5.92 Å². The van der Waals surface area contributed by atoms with Crippen molar-refractivity contribution in [3.8, 4) is 0 Å². The molecule has 0 aromatic heterocycles. The Morgan fingerprint density at radius 1 is 1.31 bits per heavy atom. The van der Waals surface area contributed by atoms with Gasteiger partial charge in [-0.3, -0.25) is 0 Å². The van der Waals surface area contributed by atoms with Gasteiger partial charge in [0.15, 0.2) is 0 Å². The van der Waals surface area contributed by atoms with Gasteiger partial charge in [-0.2, -0.15) is 0 Å². The van der Waals surface area contributed by atoms with Crippen molar-refractivity contribution < 1.29 is 0 Å². The molecule has 1 saturated heterocycles. The fourth-order valence-corrected chi connectivity index (χ4v) is 2.77. The number of hydrogen-bond acceptors (Lipinski definition) is 1. The van der Waals surface area contributed by atoms with Crippen LogP contribution in [0.2, 0.25) is 5.02 Å². The Bertz CT molecular complexity index is 336. The fraction of sp³-hybridized carbons (Fsp3) is 0.571. The summed E-state index contributed by atoms with van der Waals surface area (Å²) in [5.74, 6) is 0.672. The number of benzene rings is 1. The quantitative estimate of drug-likeness (QED) is 0.846. The summed E-state index contributed by atoms with van der Waals surface area (Å²) in [5.41, 5.74) is 1.68. The molecule has 1 fully saturated rings. The SMILES string of the molecule is CC(C)C1(Cc2ccc(Cl)cc2)CCCN1. The Kier molecular flexibility index (Phi) is 3.56. The minimum Gasteiger partial charge on any atom is -0.311 e. The molecule has 16 heavy (non-hydrogen) atoms. The first kappa shape index (κ1) is 11.9. The average Bonchev–Trinajstić information content (AvgIpc) is 2.71. The molecule has 0 amide bonds. The maximum atomic E-state index is 5.91. The second-order valence-electron chi connectivity index (χ2n) is 5.14. The summed E-state index contributed by atoms with van der Waals surface area (Å²) >= 11 is 5.91. The smallest absolute Gasteiger partial charge is 0.0406 e. The van der Waals surface area contributed by atoms with Gasteiger partial charge in [0.2, 0.25) is 0 Å². The van der Waals surface area contributed by atoms with Crippen molar-refractivity contribution >= 4 is 11.6 Å². The lowest BCUT2D eigenvalue weighted by Gasteiger charge is -2.34. The Balaban J connectivity index is 2.14. The Morgan fingerprint density at radius 2 is 2.00 bits per heavy atom. The Hall–Kier alpha value is -0.530. The highest BCUT2D eigenvalue weighted by Crippen LogP contribution is 2.31. The molecule has 2 rings (SSSR count). The van der Waals surface area contributed by atoms with Crippen molar-refractivity contribution in [1.82, 2.24) is 5.32 Å². The van der Waals surface area contributed by atoms with Gasteiger partial charge < -0.3 is 5.32 Å². The molecule has 1 nitrogen and oxygen atoms in total. The predicted octanol–water partition coefficient (Wildman–Crippen LogP) is 3.66. The van der Waals surface area contributed by atoms with Crippen LogP contribution in [0.25, 0.3) is 0 Å². The molecule has 1 atom stereocenters. The number of halogens is 1. The minimum atomic E-state index is 0.299. The van der Waals surface area contributed by atoms with Crippen LogP contribution in [-0.2, 0) is 6.42 Å². The zero-order chi connectivity index (χ0) is 11.6. The van der Waals surface area contributed by atoms with Gasteiger partial charge in [-0.1, -0.05) is 37.6 Å². The first-order valence-electron chi connectivity index (χ1n) is 6.12. The van der Waals surface area contributed by atoms with Crippen molar-refractivity contribution in [3.63, 3.8) is 0 Å². The van der Waals surface area contributed by atoms with Crippen LogP contribution in [0.15, 0.2) is 24.3 Å². The summed E-state index contributed by atoms with van der Waals surface area (Å²) in [7, 11) is 0. The molecular weight excluding hydrogens is 218 g/mol. The highest BCUT2D eigenvalue weighted by molar-refractivity contribution is 6.30. The molecule has 88 valence electrons. The van der Waals surface area contributed by atoms with Crippen LogP contribution in [0, 0.1) is 5.92 Å². The van der Waals surface area contributed by atoms with E-state index < -0.39 is 0 Å². The minimum absolute atomic E-state index is 0.299. The normalized spacial score (nSPS) is 25.2. The predicted molar refractivity (Wildman–Crippen MR) is 70.0 cm³/mol. The molecule has 1 N–H and O–H groups in total. The number of nitrogens with one attached hydrogen (secondary N) is 1. The van der Waals surface area contributed by atoms with Crippen molar-refractivity contribution in [2.45, 2.75) is 38.6 Å². The monoisotopic (exact) mass is 237 g/mol. The standard InChI is InChI=1S/C14H20ClN/c1-11(2)14(8-3-9-16-14)10-12-4-6-13(15)7-5-12/h4-7,11,16H,3,8-10H2,1-2H3. The van der Waals surface area contributed by atoms with E-state index in [1.165, 1.54) is 18.4 Å². The van der Waals surface area contributed by atoms with Gasteiger partial charge in [0.25, 0.3) is 0 Å². The Morgan fingerprint density at radius 3 is 2.50 bits per heavy atom. The summed E-state index contributed by atoms with van der Waals surface area (Å²) in [4.78, 5) is 0. The van der Waals surface area contributed by atoms with Crippen LogP contribution >= 0.6 is 11.6 Å². The maximum absolute atomic E-state index is 5.91. The molecule has 0 spiro atoms. The number of rotatable bonds is 3. The topological polar surface area (TPSA) is 12.0 Å². The van der Waals surface area contributed by atoms with Gasteiger partial charge in [0.05, 0.1) is 0 Å². The molecule has 1 heterocycles. The lowest BCUT2D eigenvalue weighted by atomic mass is 9.80. The molecule has 2 heteroatoms. The molecule has 1 aromatic carbocycles. The molecule has 0 aliphatic carbocycles. The van der Waals surface area contributed by atoms with E-state index in [1.54, 1.807) is 0 Å². The summed E-state index contributed by atoms with van der Waals surface area (Å²) < 4.78 is 0. The van der Waals surface area contributed by atoms with Crippen molar-refractivity contribution in [2.75, 3.05) is 6.54 Å². The van der Waals surface area contributed by atoms with E-state index in [1.807, 2.05) is 12.1 Å². The first-order chi connectivity index (χ1) is 7.62. The summed E-state index contributed by atoms with van der Waals surface area (Å²) in [6.45, 7) is 5.79. The zero-order valence-electron chi connectivity index (χ0n) is 10.1. The fourth-order valence-electron chi connectivity index (χ4n) is 2.64. The molecule has 1 unspecified atom stereocenters. The summed E-state index contributed by atoms with van der Waals surface area (Å²) in [6.07, 6.45) is 3.70. The lowest BCUT2D eigenvalue weighted by molar-refractivity contribution is 0.269. The molecule has 1 aliphatic rings. The van der Waals surface area contributed by atoms with E-state index in [9.17, 15) is 0 Å². The van der Waals surface area contributed by atoms with Gasteiger partial charge in [-0.15, -0.1) is 0 Å². The van der Waals surface area contributed by atoms with Gasteiger partial charge >= 0.3 is 0 Å². The van der Waals surface area contributed by atoms with Crippen molar-refractivity contribution in [1.29, 1.82) is 0 Å². The van der Waals surface area contributed by atoms with Crippen LogP contribution < -0.4 is 5.32 Å². The Labute approximate surface area is 103 Å². The van der Waals surface area contributed by atoms with E-state index >= 15 is 0 Å². The molecule has 0 saturated carbocycles. The van der Waals surface area contributed by atoms with Gasteiger partial charge in [0.1, 0.15) is 0 Å². The van der Waals surface area contributed by atoms with E-state index in [2.05, 4.69) is 31.3 Å². The molecule has 0 bridgehead atoms. The van der Waals surface area contributed by atoms with E-state index in [4.69, 9.17) is 11.6 Å². The average molecular weight is 238 g/mol. The van der Waals surface area contributed by atoms with Gasteiger partial charge in [-0.25, -0.2) is 0 Å². The summed E-state index contributed by atoms with van der Waals surface area (Å²) in [6, 6.07) is 8.26. The number of hydrogen-bond donors (Lipinski definition) is 1. The third kappa shape index (κ3) is 2.41. The van der Waals surface area contributed by atoms with E-state index in [-0.39, 0.29) is 0 Å². The van der Waals surface area contributed by atoms with Gasteiger partial charge in [-0.05, 0) is 49.4 Å². The van der Waals surface area contributed by atoms with Gasteiger partial charge in [0, 0.05) is 10.6 Å². The zero-order valence-corrected chi connectivity index (χ0v) is 10.8. The van der Waals surface area contributed by atoms with Crippen LogP contribution in [0.5, 0.6) is 0 Å². The van der Waals surface area contributed by atoms with Crippen LogP contribution in [0.1, 0.15) is 32.3 Å². The van der Waals surface area contributed by atoms with Crippen LogP contribution in [0.3, 0.4) is 0 Å². The van der Waals surface area contributed by atoms with E-state index in [0.29, 0.717) is 11.5 Å². The lowest BCUT2D eigenvalue weighted by Crippen LogP contribution is -2.46. The molecule has 1 aliphatic heterocycles. The van der Waals surface area contributed by atoms with E-state index in [0.717, 1.165) is 18.0 Å². The van der Waals surface area contributed by atoms with Crippen LogP contribution in [-0.4, -0.2) is 12.1 Å². The second-order valence-corrected chi connectivity index (χ2v) is 5.58. The summed E-state index contributed by atoms with van der Waals surface area (Å²) in [5, 5.41) is 4.52. The first-order valence-corrected chi connectivity index (χ1v) is 6.50. The largest absolute Gasteiger partial charge is 0.311 e. The maximum Gasteiger partial charge on any atom is 0.0406 e. The molecule has 0 radical (unpaired) electrons.